The average molecular weight is 397 g/mol. The number of hydrogen-bond acceptors (Lipinski definition) is 4. The molecule has 0 atom stereocenters. The number of rotatable bonds is 5. The van der Waals surface area contributed by atoms with E-state index in [1.54, 1.807) is 6.20 Å². The zero-order valence-electron chi connectivity index (χ0n) is 12.4. The first-order chi connectivity index (χ1) is 11.2. The molecule has 8 heteroatoms. The monoisotopic (exact) mass is 396 g/mol. The summed E-state index contributed by atoms with van der Waals surface area (Å²) in [7, 11) is 0. The predicted molar refractivity (Wildman–Crippen MR) is 96.2 cm³/mol. The standard InChI is InChI=1S/C15H17BrN4O2S/c16-11-9-18-20(10-11)5-1-4-17-15(23)19-12-2-3-13-14(8-12)22-7-6-21-13/h2-3,8-10H,1,4-7H2,(H2,17,19,23). The summed E-state index contributed by atoms with van der Waals surface area (Å²) < 4.78 is 13.9. The van der Waals surface area contributed by atoms with Gasteiger partial charge in [0.05, 0.1) is 10.7 Å². The van der Waals surface area contributed by atoms with Crippen LogP contribution in [0.5, 0.6) is 11.5 Å². The van der Waals surface area contributed by atoms with Crippen LogP contribution >= 0.6 is 28.1 Å². The lowest BCUT2D eigenvalue weighted by molar-refractivity contribution is 0.171. The molecule has 0 amide bonds. The summed E-state index contributed by atoms with van der Waals surface area (Å²) in [6, 6.07) is 5.70. The molecular formula is C15H17BrN4O2S. The van der Waals surface area contributed by atoms with Gasteiger partial charge in [-0.2, -0.15) is 5.10 Å². The maximum absolute atomic E-state index is 5.55. The fraction of sp³-hybridized carbons (Fsp3) is 0.333. The van der Waals surface area contributed by atoms with Crippen molar-refractivity contribution < 1.29 is 9.47 Å². The average Bonchev–Trinajstić information content (AvgIpc) is 2.97. The van der Waals surface area contributed by atoms with Crippen molar-refractivity contribution >= 4 is 38.9 Å². The Labute approximate surface area is 148 Å². The normalized spacial score (nSPS) is 12.7. The van der Waals surface area contributed by atoms with Crippen molar-refractivity contribution in [3.05, 3.63) is 35.1 Å². The molecule has 0 saturated carbocycles. The lowest BCUT2D eigenvalue weighted by Crippen LogP contribution is -2.29. The van der Waals surface area contributed by atoms with Crippen molar-refractivity contribution in [1.29, 1.82) is 0 Å². The molecule has 2 aromatic rings. The molecule has 122 valence electrons. The number of nitrogens with zero attached hydrogens (tertiary/aromatic N) is 2. The zero-order chi connectivity index (χ0) is 16.1. The number of hydrogen-bond donors (Lipinski definition) is 2. The Morgan fingerprint density at radius 3 is 2.91 bits per heavy atom. The fourth-order valence-corrected chi connectivity index (χ4v) is 2.75. The highest BCUT2D eigenvalue weighted by molar-refractivity contribution is 9.10. The van der Waals surface area contributed by atoms with Gasteiger partial charge in [-0.05, 0) is 46.7 Å². The summed E-state index contributed by atoms with van der Waals surface area (Å²) >= 11 is 8.68. The van der Waals surface area contributed by atoms with Crippen LogP contribution in [0, 0.1) is 0 Å². The summed E-state index contributed by atoms with van der Waals surface area (Å²) in [6.07, 6.45) is 4.66. The smallest absolute Gasteiger partial charge is 0.170 e. The van der Waals surface area contributed by atoms with Gasteiger partial charge in [0.1, 0.15) is 13.2 Å². The highest BCUT2D eigenvalue weighted by Gasteiger charge is 2.11. The predicted octanol–water partition coefficient (Wildman–Crippen LogP) is 2.79. The van der Waals surface area contributed by atoms with Gasteiger partial charge >= 0.3 is 0 Å². The summed E-state index contributed by atoms with van der Waals surface area (Å²) in [4.78, 5) is 0. The minimum atomic E-state index is 0.572. The van der Waals surface area contributed by atoms with Gasteiger partial charge in [-0.3, -0.25) is 4.68 Å². The third kappa shape index (κ3) is 4.59. The highest BCUT2D eigenvalue weighted by atomic mass is 79.9. The Kier molecular flexibility index (Phi) is 5.35. The van der Waals surface area contributed by atoms with Crippen LogP contribution in [-0.2, 0) is 6.54 Å². The third-order valence-corrected chi connectivity index (χ3v) is 3.91. The molecule has 23 heavy (non-hydrogen) atoms. The maximum atomic E-state index is 5.55. The Bertz CT molecular complexity index is 692. The molecule has 1 aromatic heterocycles. The molecule has 1 aliphatic heterocycles. The van der Waals surface area contributed by atoms with Crippen molar-refractivity contribution in [2.75, 3.05) is 25.1 Å². The molecule has 3 rings (SSSR count). The molecule has 0 saturated heterocycles. The molecule has 0 radical (unpaired) electrons. The van der Waals surface area contributed by atoms with E-state index in [1.807, 2.05) is 29.1 Å². The van der Waals surface area contributed by atoms with E-state index in [9.17, 15) is 0 Å². The third-order valence-electron chi connectivity index (χ3n) is 3.25. The fourth-order valence-electron chi connectivity index (χ4n) is 2.20. The van der Waals surface area contributed by atoms with Crippen LogP contribution in [0.4, 0.5) is 5.69 Å². The second-order valence-corrected chi connectivity index (χ2v) is 6.34. The van der Waals surface area contributed by atoms with Crippen molar-refractivity contribution in [1.82, 2.24) is 15.1 Å². The second kappa shape index (κ2) is 7.65. The van der Waals surface area contributed by atoms with E-state index in [2.05, 4.69) is 31.7 Å². The van der Waals surface area contributed by atoms with E-state index in [-0.39, 0.29) is 0 Å². The Morgan fingerprint density at radius 1 is 1.30 bits per heavy atom. The lowest BCUT2D eigenvalue weighted by atomic mass is 10.2. The number of benzene rings is 1. The number of halogens is 1. The van der Waals surface area contributed by atoms with Crippen molar-refractivity contribution in [2.45, 2.75) is 13.0 Å². The first kappa shape index (κ1) is 16.1. The minimum absolute atomic E-state index is 0.572. The van der Waals surface area contributed by atoms with Gasteiger partial charge in [0, 0.05) is 31.0 Å². The van der Waals surface area contributed by atoms with Crippen molar-refractivity contribution in [2.24, 2.45) is 0 Å². The number of ether oxygens (including phenoxy) is 2. The minimum Gasteiger partial charge on any atom is -0.486 e. The van der Waals surface area contributed by atoms with E-state index in [4.69, 9.17) is 21.7 Å². The SMILES string of the molecule is S=C(NCCCn1cc(Br)cn1)Nc1ccc2c(c1)OCCO2. The van der Waals surface area contributed by atoms with Crippen LogP contribution in [0.2, 0.25) is 0 Å². The van der Waals surface area contributed by atoms with Crippen LogP contribution < -0.4 is 20.1 Å². The number of aromatic nitrogens is 2. The van der Waals surface area contributed by atoms with E-state index in [0.29, 0.717) is 18.3 Å². The van der Waals surface area contributed by atoms with E-state index in [0.717, 1.165) is 41.2 Å². The van der Waals surface area contributed by atoms with Gasteiger partial charge in [-0.25, -0.2) is 0 Å². The highest BCUT2D eigenvalue weighted by Crippen LogP contribution is 2.32. The molecule has 1 aromatic carbocycles. The van der Waals surface area contributed by atoms with Gasteiger partial charge in [0.2, 0.25) is 0 Å². The van der Waals surface area contributed by atoms with E-state index in [1.165, 1.54) is 0 Å². The quantitative estimate of drug-likeness (QED) is 0.598. The van der Waals surface area contributed by atoms with Gasteiger partial charge in [-0.1, -0.05) is 0 Å². The molecule has 2 heterocycles. The topological polar surface area (TPSA) is 60.3 Å². The van der Waals surface area contributed by atoms with E-state index < -0.39 is 0 Å². The molecule has 0 unspecified atom stereocenters. The van der Waals surface area contributed by atoms with Crippen LogP contribution in [0.3, 0.4) is 0 Å². The first-order valence-corrected chi connectivity index (χ1v) is 8.53. The van der Waals surface area contributed by atoms with Gasteiger partial charge < -0.3 is 20.1 Å². The van der Waals surface area contributed by atoms with Gasteiger partial charge in [-0.15, -0.1) is 0 Å². The molecular weight excluding hydrogens is 380 g/mol. The van der Waals surface area contributed by atoms with Crippen molar-refractivity contribution in [3.8, 4) is 11.5 Å². The summed E-state index contributed by atoms with van der Waals surface area (Å²) in [5.41, 5.74) is 0.878. The summed E-state index contributed by atoms with van der Waals surface area (Å²) in [5.74, 6) is 1.51. The zero-order valence-corrected chi connectivity index (χ0v) is 14.8. The molecule has 0 aliphatic carbocycles. The van der Waals surface area contributed by atoms with Crippen LogP contribution in [0.25, 0.3) is 0 Å². The maximum Gasteiger partial charge on any atom is 0.170 e. The van der Waals surface area contributed by atoms with E-state index >= 15 is 0 Å². The molecule has 2 N–H and O–H groups in total. The van der Waals surface area contributed by atoms with Gasteiger partial charge in [0.25, 0.3) is 0 Å². The molecule has 0 bridgehead atoms. The molecule has 0 spiro atoms. The number of nitrogens with one attached hydrogen (secondary N) is 2. The second-order valence-electron chi connectivity index (χ2n) is 5.01. The van der Waals surface area contributed by atoms with Crippen LogP contribution in [0.15, 0.2) is 35.1 Å². The number of aryl methyl sites for hydroxylation is 1. The number of thiocarbonyl (C=S) groups is 1. The Hall–Kier alpha value is -1.80. The van der Waals surface area contributed by atoms with Crippen LogP contribution in [0.1, 0.15) is 6.42 Å². The molecule has 6 nitrogen and oxygen atoms in total. The number of anilines is 1. The van der Waals surface area contributed by atoms with Gasteiger partial charge in [0.15, 0.2) is 16.6 Å². The summed E-state index contributed by atoms with van der Waals surface area (Å²) in [6.45, 7) is 2.77. The lowest BCUT2D eigenvalue weighted by Gasteiger charge is -2.19. The first-order valence-electron chi connectivity index (χ1n) is 7.33. The Morgan fingerprint density at radius 2 is 2.13 bits per heavy atom. The molecule has 1 aliphatic rings. The Balaban J connectivity index is 1.42. The summed E-state index contributed by atoms with van der Waals surface area (Å²) in [5, 5.41) is 11.1. The number of fused-ring (bicyclic) bond motifs is 1. The van der Waals surface area contributed by atoms with Crippen LogP contribution in [-0.4, -0.2) is 34.7 Å². The molecule has 0 fully saturated rings. The van der Waals surface area contributed by atoms with Crippen molar-refractivity contribution in [3.63, 3.8) is 0 Å². The largest absolute Gasteiger partial charge is 0.486 e.